The van der Waals surface area contributed by atoms with Crippen molar-refractivity contribution in [1.29, 1.82) is 0 Å². The van der Waals surface area contributed by atoms with Crippen LogP contribution in [0.25, 0.3) is 0 Å². The van der Waals surface area contributed by atoms with Gasteiger partial charge in [0.05, 0.1) is 14.1 Å². The molecule has 6 heteroatoms. The molecule has 0 unspecified atom stereocenters. The van der Waals surface area contributed by atoms with Gasteiger partial charge in [-0.3, -0.25) is 14.8 Å². The van der Waals surface area contributed by atoms with Crippen molar-refractivity contribution in [1.82, 2.24) is 14.5 Å². The van der Waals surface area contributed by atoms with Crippen LogP contribution in [-0.2, 0) is 0 Å². The minimum absolute atomic E-state index is 0.282. The summed E-state index contributed by atoms with van der Waals surface area (Å²) in [7, 11) is 3.65. The maximum absolute atomic E-state index is 11.2. The fourth-order valence-corrected chi connectivity index (χ4v) is 1.26. The first-order valence-electron chi connectivity index (χ1n) is 3.77. The van der Waals surface area contributed by atoms with Crippen LogP contribution >= 0.6 is 0 Å². The number of fused-ring (bicyclic) bond motifs is 1. The van der Waals surface area contributed by atoms with Crippen LogP contribution in [0, 0.1) is 0 Å². The van der Waals surface area contributed by atoms with Gasteiger partial charge < -0.3 is 0 Å². The average molecular weight is 181 g/mol. The predicted octanol–water partition coefficient (Wildman–Crippen LogP) is -0.697. The lowest BCUT2D eigenvalue weighted by molar-refractivity contribution is 0.603. The summed E-state index contributed by atoms with van der Waals surface area (Å²) in [5.41, 5.74) is -0.663. The maximum atomic E-state index is 11.2. The van der Waals surface area contributed by atoms with Gasteiger partial charge in [0, 0.05) is 0 Å². The van der Waals surface area contributed by atoms with Crippen LogP contribution < -0.4 is 15.7 Å². The van der Waals surface area contributed by atoms with E-state index < -0.39 is 11.2 Å². The second kappa shape index (κ2) is 2.17. The Morgan fingerprint density at radius 3 is 2.69 bits per heavy atom. The molecule has 2 N–H and O–H groups in total. The van der Waals surface area contributed by atoms with Crippen LogP contribution in [0.1, 0.15) is 0 Å². The minimum atomic E-state index is -0.500. The quantitative estimate of drug-likeness (QED) is 0.519. The van der Waals surface area contributed by atoms with Gasteiger partial charge in [-0.05, 0) is 0 Å². The van der Waals surface area contributed by atoms with Gasteiger partial charge in [0.2, 0.25) is 11.5 Å². The lowest BCUT2D eigenvalue weighted by Gasteiger charge is -2.17. The highest BCUT2D eigenvalue weighted by Gasteiger charge is 2.30. The Morgan fingerprint density at radius 2 is 2.00 bits per heavy atom. The molecule has 0 fully saturated rings. The second-order valence-electron chi connectivity index (χ2n) is 3.39. The normalized spacial score (nSPS) is 17.4. The van der Waals surface area contributed by atoms with E-state index in [9.17, 15) is 9.59 Å². The number of nitrogens with zero attached hydrogens (tertiary/aromatic N) is 2. The molecule has 0 aromatic carbocycles. The third kappa shape index (κ3) is 1.03. The Labute approximate surface area is 73.1 Å². The lowest BCUT2D eigenvalue weighted by atomic mass is 10.4. The molecular weight excluding hydrogens is 172 g/mol. The highest BCUT2D eigenvalue weighted by molar-refractivity contribution is 5.84. The van der Waals surface area contributed by atoms with Crippen LogP contribution in [0.5, 0.6) is 0 Å². The molecule has 0 aliphatic carbocycles. The van der Waals surface area contributed by atoms with E-state index >= 15 is 0 Å². The Kier molecular flexibility index (Phi) is 1.32. The number of aromatic nitrogens is 2. The fourth-order valence-electron chi connectivity index (χ4n) is 1.26. The molecule has 0 radical (unpaired) electrons. The Morgan fingerprint density at radius 1 is 1.31 bits per heavy atom. The van der Waals surface area contributed by atoms with Gasteiger partial charge in [-0.1, -0.05) is 0 Å². The number of quaternary nitrogens is 1. The van der Waals surface area contributed by atoms with Crippen molar-refractivity contribution in [2.24, 2.45) is 4.99 Å². The summed E-state index contributed by atoms with van der Waals surface area (Å²) in [4.78, 5) is 30.8. The Bertz CT molecular complexity index is 494. The molecule has 1 aliphatic rings. The van der Waals surface area contributed by atoms with Crippen molar-refractivity contribution in [3.8, 4) is 0 Å². The molecule has 6 nitrogen and oxygen atoms in total. The van der Waals surface area contributed by atoms with Crippen molar-refractivity contribution in [3.63, 3.8) is 0 Å². The number of H-pyrrole nitrogens is 2. The number of hydrogen-bond acceptors (Lipinski definition) is 3. The summed E-state index contributed by atoms with van der Waals surface area (Å²) in [6.45, 7) is 0. The third-order valence-corrected chi connectivity index (χ3v) is 1.95. The minimum Gasteiger partial charge on any atom is -0.272 e. The number of aromatic amines is 2. The van der Waals surface area contributed by atoms with E-state index in [2.05, 4.69) is 15.0 Å². The van der Waals surface area contributed by atoms with E-state index in [1.807, 2.05) is 14.1 Å². The van der Waals surface area contributed by atoms with Crippen molar-refractivity contribution in [2.75, 3.05) is 14.1 Å². The summed E-state index contributed by atoms with van der Waals surface area (Å²) in [6, 6.07) is 0. The van der Waals surface area contributed by atoms with E-state index in [-0.39, 0.29) is 10.2 Å². The molecule has 1 aromatic rings. The fraction of sp³-hybridized carbons (Fsp3) is 0.286. The zero-order chi connectivity index (χ0) is 9.64. The number of aliphatic imine (C=N–C) groups is 1. The van der Waals surface area contributed by atoms with Gasteiger partial charge in [-0.2, -0.15) is 4.99 Å². The van der Waals surface area contributed by atoms with Gasteiger partial charge in [-0.25, -0.2) is 9.28 Å². The summed E-state index contributed by atoms with van der Waals surface area (Å²) in [5.74, 6) is 0.522. The highest BCUT2D eigenvalue weighted by Crippen LogP contribution is 2.27. The Balaban J connectivity index is 2.86. The molecular formula is C7H9N4O2+. The SMILES string of the molecule is C[N+]1(C)C=Nc2c1[nH]c(=O)[nH]c2=O. The monoisotopic (exact) mass is 181 g/mol. The molecule has 0 atom stereocenters. The zero-order valence-electron chi connectivity index (χ0n) is 7.29. The summed E-state index contributed by atoms with van der Waals surface area (Å²) >= 11 is 0. The van der Waals surface area contributed by atoms with E-state index in [0.717, 1.165) is 0 Å². The van der Waals surface area contributed by atoms with Gasteiger partial charge in [0.1, 0.15) is 0 Å². The van der Waals surface area contributed by atoms with Crippen LogP contribution in [0.3, 0.4) is 0 Å². The second-order valence-corrected chi connectivity index (χ2v) is 3.39. The lowest BCUT2D eigenvalue weighted by Crippen LogP contribution is -2.39. The largest absolute Gasteiger partial charge is 0.330 e. The third-order valence-electron chi connectivity index (χ3n) is 1.95. The number of rotatable bonds is 0. The van der Waals surface area contributed by atoms with Gasteiger partial charge in [0.25, 0.3) is 5.56 Å². The molecule has 2 heterocycles. The number of hydrogen-bond donors (Lipinski definition) is 2. The Hall–Kier alpha value is -1.69. The molecule has 13 heavy (non-hydrogen) atoms. The van der Waals surface area contributed by atoms with E-state index in [1.165, 1.54) is 0 Å². The van der Waals surface area contributed by atoms with Crippen LogP contribution in [0.2, 0.25) is 0 Å². The molecule has 0 amide bonds. The molecule has 1 aromatic heterocycles. The molecule has 0 bridgehead atoms. The van der Waals surface area contributed by atoms with Gasteiger partial charge in [-0.15, -0.1) is 0 Å². The van der Waals surface area contributed by atoms with Crippen molar-refractivity contribution in [3.05, 3.63) is 20.8 Å². The number of nitrogens with one attached hydrogen (secondary N) is 2. The van der Waals surface area contributed by atoms with Crippen molar-refractivity contribution in [2.45, 2.75) is 0 Å². The van der Waals surface area contributed by atoms with Crippen molar-refractivity contribution >= 4 is 17.8 Å². The topological polar surface area (TPSA) is 78.1 Å². The highest BCUT2D eigenvalue weighted by atomic mass is 16.2. The molecule has 0 saturated heterocycles. The molecule has 0 spiro atoms. The maximum Gasteiger partial charge on any atom is 0.330 e. The average Bonchev–Trinajstić information content (AvgIpc) is 2.28. The van der Waals surface area contributed by atoms with Crippen LogP contribution in [0.4, 0.5) is 11.5 Å². The summed E-state index contributed by atoms with van der Waals surface area (Å²) < 4.78 is 0.286. The zero-order valence-corrected chi connectivity index (χ0v) is 7.29. The van der Waals surface area contributed by atoms with E-state index in [4.69, 9.17) is 0 Å². The van der Waals surface area contributed by atoms with Crippen LogP contribution in [-0.4, -0.2) is 30.4 Å². The summed E-state index contributed by atoms with van der Waals surface area (Å²) in [5, 5.41) is 0. The molecule has 0 saturated carbocycles. The first kappa shape index (κ1) is 7.93. The predicted molar refractivity (Wildman–Crippen MR) is 49.5 cm³/mol. The van der Waals surface area contributed by atoms with Gasteiger partial charge in [0.15, 0.2) is 6.34 Å². The van der Waals surface area contributed by atoms with E-state index in [0.29, 0.717) is 5.82 Å². The van der Waals surface area contributed by atoms with Gasteiger partial charge >= 0.3 is 5.69 Å². The summed E-state index contributed by atoms with van der Waals surface area (Å²) in [6.07, 6.45) is 1.59. The first-order chi connectivity index (χ1) is 6.00. The van der Waals surface area contributed by atoms with Crippen molar-refractivity contribution < 1.29 is 0 Å². The van der Waals surface area contributed by atoms with Crippen LogP contribution in [0.15, 0.2) is 14.6 Å². The molecule has 68 valence electrons. The first-order valence-corrected chi connectivity index (χ1v) is 3.77. The standard InChI is InChI=1S/C7H8N4O2/c1-11(2)3-8-4-5(11)9-7(13)10-6(4)12/h3H,1-2H3,(H-,9,10,12,13)/p+1. The smallest absolute Gasteiger partial charge is 0.272 e. The van der Waals surface area contributed by atoms with E-state index in [1.54, 1.807) is 6.34 Å². The molecule has 2 rings (SSSR count). The molecule has 1 aliphatic heterocycles.